The maximum Gasteiger partial charge on any atom is 0.290 e. The molecule has 3 rings (SSSR count). The second-order valence-electron chi connectivity index (χ2n) is 7.68. The lowest BCUT2D eigenvalue weighted by Gasteiger charge is -2.33. The summed E-state index contributed by atoms with van der Waals surface area (Å²) in [4.78, 5) is 45.6. The standard InChI is InChI=1S/C20H28N6O3.CH2O2/c1-12-14(3)26(11-24-12)7-6-22-19(28)15-4-5-18(27)17(8-15)25-20(29)16-9-21-10-23-13(16)2;2-1-3/h9-11,15,17-18,27H,4-8H2,1-3H3,(H,22,28)(H,25,29);1H,(H,2,3)/t15-,17+,18+;/m0./s1. The Morgan fingerprint density at radius 1 is 1.22 bits per heavy atom. The van der Waals surface area contributed by atoms with Gasteiger partial charge in [0.2, 0.25) is 5.91 Å². The number of nitrogens with one attached hydrogen (secondary N) is 2. The van der Waals surface area contributed by atoms with Crippen molar-refractivity contribution in [1.82, 2.24) is 30.2 Å². The van der Waals surface area contributed by atoms with Gasteiger partial charge in [-0.1, -0.05) is 0 Å². The van der Waals surface area contributed by atoms with Crippen LogP contribution in [-0.2, 0) is 16.1 Å². The maximum atomic E-state index is 12.6. The van der Waals surface area contributed by atoms with Gasteiger partial charge in [-0.2, -0.15) is 0 Å². The first-order valence-corrected chi connectivity index (χ1v) is 10.4. The Morgan fingerprint density at radius 2 is 1.94 bits per heavy atom. The normalized spacial score (nSPS) is 19.9. The second-order valence-corrected chi connectivity index (χ2v) is 7.68. The van der Waals surface area contributed by atoms with Crippen LogP contribution in [0.25, 0.3) is 0 Å². The third-order valence-corrected chi connectivity index (χ3v) is 5.65. The molecule has 32 heavy (non-hydrogen) atoms. The molecule has 3 atom stereocenters. The van der Waals surface area contributed by atoms with Crippen LogP contribution in [-0.4, -0.2) is 66.7 Å². The summed E-state index contributed by atoms with van der Waals surface area (Å²) in [6.07, 6.45) is 5.39. The highest BCUT2D eigenvalue weighted by Gasteiger charge is 2.34. The third kappa shape index (κ3) is 6.58. The van der Waals surface area contributed by atoms with Crippen molar-refractivity contribution in [2.75, 3.05) is 6.54 Å². The maximum absolute atomic E-state index is 12.6. The van der Waals surface area contributed by atoms with Gasteiger partial charge in [-0.15, -0.1) is 0 Å². The van der Waals surface area contributed by atoms with E-state index in [1.165, 1.54) is 12.5 Å². The predicted molar refractivity (Wildman–Crippen MR) is 115 cm³/mol. The average Bonchev–Trinajstić information content (AvgIpc) is 3.08. The zero-order valence-electron chi connectivity index (χ0n) is 18.5. The van der Waals surface area contributed by atoms with E-state index in [1.807, 2.05) is 18.4 Å². The Balaban J connectivity index is 0.00000114. The van der Waals surface area contributed by atoms with Crippen LogP contribution in [0, 0.1) is 26.7 Å². The molecule has 0 aliphatic heterocycles. The summed E-state index contributed by atoms with van der Waals surface area (Å²) < 4.78 is 2.01. The molecule has 0 bridgehead atoms. The molecule has 11 heteroatoms. The fraction of sp³-hybridized carbons (Fsp3) is 0.524. The SMILES string of the molecule is Cc1ncncc1C(=O)N[C@@H]1C[C@@H](C(=O)NCCn2cnc(C)c2C)CC[C@H]1O.O=CO. The van der Waals surface area contributed by atoms with E-state index in [0.717, 1.165) is 11.4 Å². The van der Waals surface area contributed by atoms with Crippen LogP contribution in [0.15, 0.2) is 18.9 Å². The highest BCUT2D eigenvalue weighted by Crippen LogP contribution is 2.25. The van der Waals surface area contributed by atoms with Gasteiger partial charge in [0.25, 0.3) is 12.4 Å². The number of rotatable bonds is 6. The lowest BCUT2D eigenvalue weighted by atomic mass is 9.83. The summed E-state index contributed by atoms with van der Waals surface area (Å²) in [6, 6.07) is -0.481. The number of aliphatic hydroxyl groups excluding tert-OH is 1. The van der Waals surface area contributed by atoms with Crippen molar-refractivity contribution in [3.05, 3.63) is 41.5 Å². The molecule has 4 N–H and O–H groups in total. The van der Waals surface area contributed by atoms with Crippen molar-refractivity contribution in [1.29, 1.82) is 0 Å². The second kappa shape index (κ2) is 11.9. The molecule has 0 saturated heterocycles. The van der Waals surface area contributed by atoms with Gasteiger partial charge in [0.05, 0.1) is 35.4 Å². The Bertz CT molecular complexity index is 931. The van der Waals surface area contributed by atoms with Gasteiger partial charge in [-0.25, -0.2) is 15.0 Å². The van der Waals surface area contributed by atoms with Crippen LogP contribution < -0.4 is 10.6 Å². The fourth-order valence-electron chi connectivity index (χ4n) is 3.62. The van der Waals surface area contributed by atoms with Crippen LogP contribution in [0.3, 0.4) is 0 Å². The molecule has 2 aromatic heterocycles. The quantitative estimate of drug-likeness (QED) is 0.463. The number of aromatic nitrogens is 4. The first kappa shape index (κ1) is 24.9. The molecule has 1 fully saturated rings. The number of carboxylic acid groups (broad SMARTS) is 1. The molecule has 1 aliphatic rings. The fourth-order valence-corrected chi connectivity index (χ4v) is 3.62. The minimum atomic E-state index is -0.676. The summed E-state index contributed by atoms with van der Waals surface area (Å²) >= 11 is 0. The molecule has 2 aromatic rings. The highest BCUT2D eigenvalue weighted by atomic mass is 16.3. The van der Waals surface area contributed by atoms with Crippen molar-refractivity contribution in [2.24, 2.45) is 5.92 Å². The van der Waals surface area contributed by atoms with E-state index in [2.05, 4.69) is 25.6 Å². The van der Waals surface area contributed by atoms with Crippen molar-refractivity contribution in [3.63, 3.8) is 0 Å². The number of aliphatic hydroxyl groups is 1. The van der Waals surface area contributed by atoms with Crippen molar-refractivity contribution < 1.29 is 24.6 Å². The largest absolute Gasteiger partial charge is 0.483 e. The first-order chi connectivity index (χ1) is 15.3. The zero-order chi connectivity index (χ0) is 23.7. The van der Waals surface area contributed by atoms with E-state index in [0.29, 0.717) is 43.6 Å². The van der Waals surface area contributed by atoms with Crippen molar-refractivity contribution >= 4 is 18.3 Å². The topological polar surface area (TPSA) is 159 Å². The molecule has 174 valence electrons. The number of imidazole rings is 1. The molecule has 11 nitrogen and oxygen atoms in total. The predicted octanol–water partition coefficient (Wildman–Crippen LogP) is 0.375. The van der Waals surface area contributed by atoms with E-state index < -0.39 is 12.1 Å². The molecule has 0 radical (unpaired) electrons. The highest BCUT2D eigenvalue weighted by molar-refractivity contribution is 5.95. The van der Waals surface area contributed by atoms with Gasteiger partial charge in [0, 0.05) is 30.9 Å². The zero-order valence-corrected chi connectivity index (χ0v) is 18.5. The number of nitrogens with zero attached hydrogens (tertiary/aromatic N) is 4. The Labute approximate surface area is 186 Å². The molecule has 1 saturated carbocycles. The molecule has 1 aliphatic carbocycles. The minimum absolute atomic E-state index is 0.0511. The van der Waals surface area contributed by atoms with Gasteiger partial charge in [0.15, 0.2) is 0 Å². The number of carbonyl (C=O) groups is 3. The summed E-state index contributed by atoms with van der Waals surface area (Å²) in [7, 11) is 0. The van der Waals surface area contributed by atoms with E-state index in [9.17, 15) is 14.7 Å². The Hall–Kier alpha value is -3.34. The number of hydrogen-bond acceptors (Lipinski definition) is 7. The van der Waals surface area contributed by atoms with Crippen molar-refractivity contribution in [3.8, 4) is 0 Å². The molecule has 0 unspecified atom stereocenters. The number of amides is 2. The van der Waals surface area contributed by atoms with E-state index in [4.69, 9.17) is 9.90 Å². The van der Waals surface area contributed by atoms with Crippen LogP contribution in [0.5, 0.6) is 0 Å². The summed E-state index contributed by atoms with van der Waals surface area (Å²) in [6.45, 7) is 6.59. The van der Waals surface area contributed by atoms with E-state index in [1.54, 1.807) is 13.3 Å². The van der Waals surface area contributed by atoms with E-state index in [-0.39, 0.29) is 24.2 Å². The smallest absolute Gasteiger partial charge is 0.290 e. The molecular formula is C21H30N6O5. The number of aryl methyl sites for hydroxylation is 2. The first-order valence-electron chi connectivity index (χ1n) is 10.4. The molecule has 2 amide bonds. The van der Waals surface area contributed by atoms with Crippen LogP contribution in [0.1, 0.15) is 46.7 Å². The lowest BCUT2D eigenvalue weighted by molar-refractivity contribution is -0.127. The number of hydrogen-bond donors (Lipinski definition) is 4. The molecule has 2 heterocycles. The molecule has 0 aromatic carbocycles. The van der Waals surface area contributed by atoms with Gasteiger partial charge >= 0.3 is 0 Å². The lowest BCUT2D eigenvalue weighted by Crippen LogP contribution is -2.49. The molecule has 0 spiro atoms. The summed E-state index contributed by atoms with van der Waals surface area (Å²) in [5.74, 6) is -0.633. The monoisotopic (exact) mass is 446 g/mol. The van der Waals surface area contributed by atoms with Crippen molar-refractivity contribution in [2.45, 2.75) is 58.7 Å². The van der Waals surface area contributed by atoms with Crippen LogP contribution in [0.2, 0.25) is 0 Å². The Morgan fingerprint density at radius 3 is 2.56 bits per heavy atom. The van der Waals surface area contributed by atoms with Crippen LogP contribution >= 0.6 is 0 Å². The molecular weight excluding hydrogens is 416 g/mol. The third-order valence-electron chi connectivity index (χ3n) is 5.65. The van der Waals surface area contributed by atoms with E-state index >= 15 is 0 Å². The van der Waals surface area contributed by atoms with Gasteiger partial charge in [-0.05, 0) is 40.0 Å². The minimum Gasteiger partial charge on any atom is -0.483 e. The van der Waals surface area contributed by atoms with Gasteiger partial charge in [-0.3, -0.25) is 14.4 Å². The van der Waals surface area contributed by atoms with Gasteiger partial charge < -0.3 is 25.4 Å². The number of carbonyl (C=O) groups excluding carboxylic acids is 2. The summed E-state index contributed by atoms with van der Waals surface area (Å²) in [5, 5.41) is 23.0. The van der Waals surface area contributed by atoms with Gasteiger partial charge in [0.1, 0.15) is 6.33 Å². The Kier molecular flexibility index (Phi) is 9.26. The van der Waals surface area contributed by atoms with Crippen LogP contribution in [0.4, 0.5) is 0 Å². The summed E-state index contributed by atoms with van der Waals surface area (Å²) in [5.41, 5.74) is 3.01. The average molecular weight is 447 g/mol.